The molecule has 1 aromatic carbocycles. The van der Waals surface area contributed by atoms with Crippen LogP contribution in [0.2, 0.25) is 0 Å². The summed E-state index contributed by atoms with van der Waals surface area (Å²) in [6.07, 6.45) is -2.61. The number of alkyl halides is 3. The topological polar surface area (TPSA) is 26.0 Å². The first-order chi connectivity index (χ1) is 8.47. The lowest BCUT2D eigenvalue weighted by atomic mass is 9.95. The Kier molecular flexibility index (Phi) is 5.66. The fraction of sp³-hybridized carbons (Fsp3) is 0.571. The fourth-order valence-corrected chi connectivity index (χ4v) is 1.96. The highest BCUT2D eigenvalue weighted by atomic mass is 19.4. The number of hydrogen-bond donors (Lipinski definition) is 1. The number of rotatable bonds is 6. The van der Waals surface area contributed by atoms with Crippen LogP contribution in [0.5, 0.6) is 0 Å². The van der Waals surface area contributed by atoms with Crippen molar-refractivity contribution in [2.24, 2.45) is 11.7 Å². The van der Waals surface area contributed by atoms with Crippen LogP contribution < -0.4 is 5.73 Å². The molecule has 0 saturated carbocycles. The van der Waals surface area contributed by atoms with Crippen LogP contribution in [0.25, 0.3) is 0 Å². The third-order valence-corrected chi connectivity index (χ3v) is 3.19. The summed E-state index contributed by atoms with van der Waals surface area (Å²) in [6.45, 7) is 2.13. The average molecular weight is 259 g/mol. The number of halogens is 3. The van der Waals surface area contributed by atoms with Gasteiger partial charge in [-0.15, -0.1) is 0 Å². The predicted molar refractivity (Wildman–Crippen MR) is 67.4 cm³/mol. The van der Waals surface area contributed by atoms with Crippen molar-refractivity contribution in [3.05, 3.63) is 35.4 Å². The Hall–Kier alpha value is -1.03. The van der Waals surface area contributed by atoms with Crippen molar-refractivity contribution in [3.8, 4) is 0 Å². The van der Waals surface area contributed by atoms with Crippen molar-refractivity contribution in [1.29, 1.82) is 0 Å². The molecule has 0 aliphatic rings. The summed E-state index contributed by atoms with van der Waals surface area (Å²) in [7, 11) is 0. The predicted octanol–water partition coefficient (Wildman–Crippen LogP) is 3.71. The molecule has 0 amide bonds. The largest absolute Gasteiger partial charge is 0.391 e. The molecule has 0 fully saturated rings. The Morgan fingerprint density at radius 1 is 1.06 bits per heavy atom. The molecule has 18 heavy (non-hydrogen) atoms. The minimum absolute atomic E-state index is 0.0105. The van der Waals surface area contributed by atoms with Gasteiger partial charge in [0.2, 0.25) is 0 Å². The molecule has 0 radical (unpaired) electrons. The molecule has 102 valence electrons. The van der Waals surface area contributed by atoms with Crippen molar-refractivity contribution in [2.75, 3.05) is 6.54 Å². The summed E-state index contributed by atoms with van der Waals surface area (Å²) < 4.78 is 38.0. The second-order valence-corrected chi connectivity index (χ2v) is 4.52. The van der Waals surface area contributed by atoms with E-state index in [9.17, 15) is 13.2 Å². The van der Waals surface area contributed by atoms with Gasteiger partial charge in [-0.3, -0.25) is 0 Å². The van der Waals surface area contributed by atoms with E-state index in [1.54, 1.807) is 0 Å². The lowest BCUT2D eigenvalue weighted by Crippen LogP contribution is -2.26. The molecule has 0 heterocycles. The van der Waals surface area contributed by atoms with Gasteiger partial charge < -0.3 is 5.73 Å². The minimum atomic E-state index is -4.14. The van der Waals surface area contributed by atoms with Crippen molar-refractivity contribution >= 4 is 0 Å². The van der Waals surface area contributed by atoms with Crippen molar-refractivity contribution < 1.29 is 13.2 Å². The molecule has 0 aliphatic heterocycles. The van der Waals surface area contributed by atoms with Crippen LogP contribution >= 0.6 is 0 Å². The first kappa shape index (κ1) is 15.0. The van der Waals surface area contributed by atoms with Crippen molar-refractivity contribution in [1.82, 2.24) is 0 Å². The molecule has 1 aromatic rings. The highest BCUT2D eigenvalue weighted by Gasteiger charge is 2.38. The van der Waals surface area contributed by atoms with Crippen LogP contribution in [0.4, 0.5) is 13.2 Å². The molecule has 0 saturated heterocycles. The summed E-state index contributed by atoms with van der Waals surface area (Å²) >= 11 is 0. The van der Waals surface area contributed by atoms with Crippen LogP contribution in [0.1, 0.15) is 30.9 Å². The molecular weight excluding hydrogens is 239 g/mol. The molecule has 0 bridgehead atoms. The van der Waals surface area contributed by atoms with E-state index >= 15 is 0 Å². The second-order valence-electron chi connectivity index (χ2n) is 4.52. The molecule has 0 aromatic heterocycles. The Bertz CT molecular complexity index is 343. The fourth-order valence-electron chi connectivity index (χ4n) is 1.96. The summed E-state index contributed by atoms with van der Waals surface area (Å²) in [5.74, 6) is -1.28. The quantitative estimate of drug-likeness (QED) is 0.828. The monoisotopic (exact) mass is 259 g/mol. The molecule has 1 atom stereocenters. The zero-order chi connectivity index (χ0) is 13.6. The van der Waals surface area contributed by atoms with E-state index in [4.69, 9.17) is 5.73 Å². The third-order valence-electron chi connectivity index (χ3n) is 3.19. The Morgan fingerprint density at radius 2 is 1.61 bits per heavy atom. The van der Waals surface area contributed by atoms with Gasteiger partial charge >= 0.3 is 6.18 Å². The van der Waals surface area contributed by atoms with Gasteiger partial charge in [0.25, 0.3) is 0 Å². The van der Waals surface area contributed by atoms with Crippen LogP contribution in [0, 0.1) is 5.92 Å². The molecule has 1 unspecified atom stereocenters. The summed E-state index contributed by atoms with van der Waals surface area (Å²) in [6, 6.07) is 7.77. The van der Waals surface area contributed by atoms with E-state index in [1.165, 1.54) is 5.56 Å². The standard InChI is InChI=1S/C14H20F3N/c1-2-11-3-5-12(6-4-11)7-8-13(9-10-18)14(15,16)17/h3-6,13H,2,7-10,18H2,1H3. The van der Waals surface area contributed by atoms with Gasteiger partial charge in [-0.2, -0.15) is 13.2 Å². The van der Waals surface area contributed by atoms with E-state index in [0.717, 1.165) is 12.0 Å². The van der Waals surface area contributed by atoms with Crippen LogP contribution in [-0.4, -0.2) is 12.7 Å². The van der Waals surface area contributed by atoms with Gasteiger partial charge in [-0.05, 0) is 43.4 Å². The van der Waals surface area contributed by atoms with E-state index in [2.05, 4.69) is 6.92 Å². The van der Waals surface area contributed by atoms with Crippen molar-refractivity contribution in [3.63, 3.8) is 0 Å². The summed E-state index contributed by atoms with van der Waals surface area (Å²) in [4.78, 5) is 0. The number of aryl methyl sites for hydroxylation is 2. The zero-order valence-electron chi connectivity index (χ0n) is 10.6. The molecule has 1 nitrogen and oxygen atoms in total. The second kappa shape index (κ2) is 6.78. The van der Waals surface area contributed by atoms with E-state index < -0.39 is 12.1 Å². The maximum Gasteiger partial charge on any atom is 0.391 e. The van der Waals surface area contributed by atoms with Crippen LogP contribution in [0.3, 0.4) is 0 Å². The molecule has 1 rings (SSSR count). The summed E-state index contributed by atoms with van der Waals surface area (Å²) in [5, 5.41) is 0. The van der Waals surface area contributed by atoms with Crippen LogP contribution in [-0.2, 0) is 12.8 Å². The van der Waals surface area contributed by atoms with E-state index in [0.29, 0.717) is 6.42 Å². The lowest BCUT2D eigenvalue weighted by Gasteiger charge is -2.19. The molecule has 4 heteroatoms. The smallest absolute Gasteiger partial charge is 0.330 e. The highest BCUT2D eigenvalue weighted by Crippen LogP contribution is 2.32. The van der Waals surface area contributed by atoms with Gasteiger partial charge in [-0.25, -0.2) is 0 Å². The summed E-state index contributed by atoms with van der Waals surface area (Å²) in [5.41, 5.74) is 7.39. The highest BCUT2D eigenvalue weighted by molar-refractivity contribution is 5.22. The van der Waals surface area contributed by atoms with Gasteiger partial charge in [0, 0.05) is 0 Å². The van der Waals surface area contributed by atoms with Crippen LogP contribution in [0.15, 0.2) is 24.3 Å². The number of benzene rings is 1. The average Bonchev–Trinajstić information content (AvgIpc) is 2.33. The molecular formula is C14H20F3N. The number of nitrogens with two attached hydrogens (primary N) is 1. The zero-order valence-corrected chi connectivity index (χ0v) is 10.6. The SMILES string of the molecule is CCc1ccc(CCC(CCN)C(F)(F)F)cc1. The Balaban J connectivity index is 2.55. The molecule has 2 N–H and O–H groups in total. The number of hydrogen-bond acceptors (Lipinski definition) is 1. The lowest BCUT2D eigenvalue weighted by molar-refractivity contribution is -0.177. The minimum Gasteiger partial charge on any atom is -0.330 e. The first-order valence-electron chi connectivity index (χ1n) is 6.32. The van der Waals surface area contributed by atoms with Crippen molar-refractivity contribution in [2.45, 2.75) is 38.8 Å². The maximum atomic E-state index is 12.7. The normalized spacial score (nSPS) is 13.6. The third kappa shape index (κ3) is 4.69. The van der Waals surface area contributed by atoms with Gasteiger partial charge in [0.15, 0.2) is 0 Å². The Morgan fingerprint density at radius 3 is 2.06 bits per heavy atom. The molecule has 0 spiro atoms. The maximum absolute atomic E-state index is 12.7. The van der Waals surface area contributed by atoms with Gasteiger partial charge in [0.05, 0.1) is 5.92 Å². The Labute approximate surface area is 106 Å². The first-order valence-corrected chi connectivity index (χ1v) is 6.32. The molecule has 0 aliphatic carbocycles. The van der Waals surface area contributed by atoms with E-state index in [1.807, 2.05) is 24.3 Å². The van der Waals surface area contributed by atoms with Gasteiger partial charge in [-0.1, -0.05) is 31.2 Å². The van der Waals surface area contributed by atoms with Gasteiger partial charge in [0.1, 0.15) is 0 Å². The van der Waals surface area contributed by atoms with E-state index in [-0.39, 0.29) is 19.4 Å².